The lowest BCUT2D eigenvalue weighted by atomic mass is 9.61. The third-order valence-corrected chi connectivity index (χ3v) is 10.2. The number of hydrogen-bond acceptors (Lipinski definition) is 1. The van der Waals surface area contributed by atoms with E-state index in [4.69, 9.17) is 0 Å². The monoisotopic (exact) mass is 506 g/mol. The average Bonchev–Trinajstić information content (AvgIpc) is 3.24. The van der Waals surface area contributed by atoms with Gasteiger partial charge in [-0.05, 0) is 96.9 Å². The standard InChI is InChI=1S/C35H40NS/c1-21-15-22(2)23(3)30(16-21)32-28-11-12-29-26(27(28)13-14-36(32)8)10-9-24-17-31(37-33(24)29)25-18-34(4,5)20-35(6,7)19-25/h9-17,25H,18-20H2,1-8H3/q+1. The molecule has 1 aliphatic carbocycles. The minimum Gasteiger partial charge on any atom is -0.200 e. The fourth-order valence-electron chi connectivity index (χ4n) is 7.65. The predicted molar refractivity (Wildman–Crippen MR) is 162 cm³/mol. The molecule has 2 heteroatoms. The van der Waals surface area contributed by atoms with Crippen LogP contribution in [0.1, 0.15) is 74.4 Å². The van der Waals surface area contributed by atoms with Crippen molar-refractivity contribution in [1.29, 1.82) is 0 Å². The Kier molecular flexibility index (Phi) is 5.59. The second-order valence-electron chi connectivity index (χ2n) is 13.4. The van der Waals surface area contributed by atoms with Gasteiger partial charge in [0, 0.05) is 26.4 Å². The van der Waals surface area contributed by atoms with Crippen LogP contribution in [0.4, 0.5) is 0 Å². The minimum atomic E-state index is 0.402. The quantitative estimate of drug-likeness (QED) is 0.166. The van der Waals surface area contributed by atoms with Crippen molar-refractivity contribution >= 4 is 43.0 Å². The van der Waals surface area contributed by atoms with E-state index in [0.717, 1.165) is 0 Å². The van der Waals surface area contributed by atoms with E-state index >= 15 is 0 Å². The van der Waals surface area contributed by atoms with Crippen molar-refractivity contribution in [3.05, 3.63) is 76.3 Å². The van der Waals surface area contributed by atoms with Gasteiger partial charge < -0.3 is 0 Å². The summed E-state index contributed by atoms with van der Waals surface area (Å²) in [6, 6.07) is 18.9. The van der Waals surface area contributed by atoms with E-state index in [1.807, 2.05) is 11.3 Å². The SMILES string of the molecule is Cc1cc(C)c(C)c(-c2c3ccc4c(ccc5cc(C6CC(C)(C)CC(C)(C)C6)sc54)c3cc[n+]2C)c1. The first-order valence-corrected chi connectivity index (χ1v) is 14.6. The van der Waals surface area contributed by atoms with E-state index in [1.165, 1.54) is 78.8 Å². The van der Waals surface area contributed by atoms with Gasteiger partial charge in [-0.3, -0.25) is 0 Å². The van der Waals surface area contributed by atoms with Crippen molar-refractivity contribution in [2.45, 2.75) is 73.6 Å². The van der Waals surface area contributed by atoms with Gasteiger partial charge in [-0.1, -0.05) is 57.5 Å². The number of pyridine rings is 1. The van der Waals surface area contributed by atoms with Gasteiger partial charge in [-0.25, -0.2) is 4.57 Å². The summed E-state index contributed by atoms with van der Waals surface area (Å²) in [7, 11) is 2.18. The molecule has 1 fully saturated rings. The molecule has 0 amide bonds. The van der Waals surface area contributed by atoms with Crippen LogP contribution in [0.25, 0.3) is 42.9 Å². The molecular weight excluding hydrogens is 466 g/mol. The molecule has 0 radical (unpaired) electrons. The van der Waals surface area contributed by atoms with Crippen LogP contribution in [0, 0.1) is 31.6 Å². The van der Waals surface area contributed by atoms with E-state index in [1.54, 1.807) is 4.88 Å². The van der Waals surface area contributed by atoms with Crippen molar-refractivity contribution in [2.75, 3.05) is 0 Å². The molecule has 3 aromatic carbocycles. The Balaban J connectivity index is 1.54. The zero-order chi connectivity index (χ0) is 26.3. The summed E-state index contributed by atoms with van der Waals surface area (Å²) in [5, 5.41) is 6.84. The third kappa shape index (κ3) is 4.18. The highest BCUT2D eigenvalue weighted by Gasteiger charge is 2.39. The maximum absolute atomic E-state index is 2.50. The zero-order valence-electron chi connectivity index (χ0n) is 23.8. The van der Waals surface area contributed by atoms with Crippen molar-refractivity contribution in [3.8, 4) is 11.3 Å². The van der Waals surface area contributed by atoms with Gasteiger partial charge in [-0.2, -0.15) is 0 Å². The molecule has 0 aliphatic heterocycles. The molecule has 0 spiro atoms. The number of aryl methyl sites for hydroxylation is 3. The number of rotatable bonds is 2. The number of benzene rings is 3. The van der Waals surface area contributed by atoms with Gasteiger partial charge in [0.25, 0.3) is 0 Å². The van der Waals surface area contributed by atoms with E-state index in [9.17, 15) is 0 Å². The van der Waals surface area contributed by atoms with Crippen molar-refractivity contribution in [2.24, 2.45) is 17.9 Å². The molecular formula is C35H40NS+. The highest BCUT2D eigenvalue weighted by Crippen LogP contribution is 2.53. The smallest absolute Gasteiger partial charge is 0.200 e. The van der Waals surface area contributed by atoms with Crippen LogP contribution in [0.3, 0.4) is 0 Å². The summed E-state index contributed by atoms with van der Waals surface area (Å²) >= 11 is 2.05. The molecule has 0 saturated heterocycles. The molecule has 1 nitrogen and oxygen atoms in total. The van der Waals surface area contributed by atoms with Crippen molar-refractivity contribution < 1.29 is 4.57 Å². The Morgan fingerprint density at radius 1 is 0.784 bits per heavy atom. The van der Waals surface area contributed by atoms with Crippen LogP contribution < -0.4 is 4.57 Å². The Labute approximate surface area is 226 Å². The van der Waals surface area contributed by atoms with E-state index in [2.05, 4.69) is 115 Å². The lowest BCUT2D eigenvalue weighted by molar-refractivity contribution is -0.659. The number of nitrogens with zero attached hydrogens (tertiary/aromatic N) is 1. The van der Waals surface area contributed by atoms with Crippen molar-refractivity contribution in [1.82, 2.24) is 0 Å². The number of aromatic nitrogens is 1. The first-order valence-electron chi connectivity index (χ1n) is 13.8. The van der Waals surface area contributed by atoms with Gasteiger partial charge in [0.1, 0.15) is 7.05 Å². The van der Waals surface area contributed by atoms with Crippen molar-refractivity contribution in [3.63, 3.8) is 0 Å². The Hall–Kier alpha value is -2.71. The minimum absolute atomic E-state index is 0.402. The molecule has 0 unspecified atom stereocenters. The fourth-order valence-corrected chi connectivity index (χ4v) is 8.94. The van der Waals surface area contributed by atoms with E-state index in [-0.39, 0.29) is 0 Å². The lowest BCUT2D eigenvalue weighted by Crippen LogP contribution is -2.32. The largest absolute Gasteiger partial charge is 0.220 e. The molecule has 1 saturated carbocycles. The van der Waals surface area contributed by atoms with Gasteiger partial charge in [0.15, 0.2) is 6.20 Å². The normalized spacial score (nSPS) is 17.7. The van der Waals surface area contributed by atoms with Crippen LogP contribution in [0.5, 0.6) is 0 Å². The molecule has 37 heavy (non-hydrogen) atoms. The molecule has 0 bridgehead atoms. The van der Waals surface area contributed by atoms with Crippen LogP contribution >= 0.6 is 11.3 Å². The molecule has 190 valence electrons. The zero-order valence-corrected chi connectivity index (χ0v) is 24.6. The van der Waals surface area contributed by atoms with Crippen LogP contribution in [0.2, 0.25) is 0 Å². The molecule has 2 aromatic heterocycles. The maximum atomic E-state index is 2.50. The van der Waals surface area contributed by atoms with E-state index < -0.39 is 0 Å². The topological polar surface area (TPSA) is 3.88 Å². The predicted octanol–water partition coefficient (Wildman–Crippen LogP) is 9.94. The van der Waals surface area contributed by atoms with Crippen LogP contribution in [-0.4, -0.2) is 0 Å². The summed E-state index contributed by atoms with van der Waals surface area (Å²) in [5.41, 5.74) is 7.49. The summed E-state index contributed by atoms with van der Waals surface area (Å²) in [5.74, 6) is 0.657. The Bertz CT molecular complexity index is 1680. The highest BCUT2D eigenvalue weighted by atomic mass is 32.1. The summed E-state index contributed by atoms with van der Waals surface area (Å²) in [6.07, 6.45) is 6.14. The number of hydrogen-bond donors (Lipinski definition) is 0. The maximum Gasteiger partial charge on any atom is 0.220 e. The average molecular weight is 507 g/mol. The fraction of sp³-hybridized carbons (Fsp3) is 0.400. The second kappa shape index (κ2) is 8.40. The first kappa shape index (κ1) is 24.6. The van der Waals surface area contributed by atoms with Crippen LogP contribution in [0.15, 0.2) is 54.7 Å². The molecule has 0 atom stereocenters. The molecule has 2 heterocycles. The summed E-state index contributed by atoms with van der Waals surface area (Å²) < 4.78 is 3.75. The van der Waals surface area contributed by atoms with Gasteiger partial charge in [0.2, 0.25) is 5.69 Å². The molecule has 5 aromatic rings. The molecule has 6 rings (SSSR count). The number of fused-ring (bicyclic) bond motifs is 5. The van der Waals surface area contributed by atoms with Gasteiger partial charge in [0.05, 0.1) is 10.9 Å². The summed E-state index contributed by atoms with van der Waals surface area (Å²) in [4.78, 5) is 1.58. The van der Waals surface area contributed by atoms with E-state index in [0.29, 0.717) is 16.7 Å². The number of thiophene rings is 1. The Morgan fingerprint density at radius 2 is 1.43 bits per heavy atom. The molecule has 1 aliphatic rings. The summed E-state index contributed by atoms with van der Waals surface area (Å²) in [6.45, 7) is 16.5. The van der Waals surface area contributed by atoms with Gasteiger partial charge >= 0.3 is 0 Å². The second-order valence-corrected chi connectivity index (χ2v) is 14.5. The third-order valence-electron chi connectivity index (χ3n) is 8.84. The first-order chi connectivity index (χ1) is 17.4. The van der Waals surface area contributed by atoms with Gasteiger partial charge in [-0.15, -0.1) is 11.3 Å². The Morgan fingerprint density at radius 3 is 2.16 bits per heavy atom. The molecule has 0 N–H and O–H groups in total. The highest BCUT2D eigenvalue weighted by molar-refractivity contribution is 7.20. The lowest BCUT2D eigenvalue weighted by Gasteiger charge is -2.44. The van der Waals surface area contributed by atoms with Crippen LogP contribution in [-0.2, 0) is 7.05 Å².